The van der Waals surface area contributed by atoms with Crippen LogP contribution in [0.3, 0.4) is 0 Å². The van der Waals surface area contributed by atoms with Gasteiger partial charge in [0.15, 0.2) is 5.13 Å². The van der Waals surface area contributed by atoms with Crippen molar-refractivity contribution >= 4 is 38.5 Å². The average Bonchev–Trinajstić information content (AvgIpc) is 3.05. The minimum Gasteiger partial charge on any atom is -0.406 e. The zero-order chi connectivity index (χ0) is 20.9. The zero-order valence-electron chi connectivity index (χ0n) is 14.8. The SMILES string of the molecule is O=C(CCC(=O)Nc1nc2ccc(OC(F)(F)F)cc2s1)NCc1cccnc1. The molecule has 0 saturated carbocycles. The summed E-state index contributed by atoms with van der Waals surface area (Å²) in [6.45, 7) is 0.314. The van der Waals surface area contributed by atoms with Gasteiger partial charge in [-0.1, -0.05) is 17.4 Å². The topological polar surface area (TPSA) is 93.2 Å². The second-order valence-corrected chi connectivity index (χ2v) is 6.91. The molecule has 11 heteroatoms. The Morgan fingerprint density at radius 2 is 1.93 bits per heavy atom. The van der Waals surface area contributed by atoms with Crippen molar-refractivity contribution in [3.8, 4) is 5.75 Å². The molecule has 152 valence electrons. The zero-order valence-corrected chi connectivity index (χ0v) is 15.6. The molecule has 0 aliphatic carbocycles. The summed E-state index contributed by atoms with van der Waals surface area (Å²) >= 11 is 1.01. The molecule has 1 aromatic carbocycles. The maximum atomic E-state index is 12.3. The van der Waals surface area contributed by atoms with Crippen LogP contribution in [0.25, 0.3) is 10.2 Å². The molecule has 2 amide bonds. The summed E-state index contributed by atoms with van der Waals surface area (Å²) in [6, 6.07) is 7.29. The fourth-order valence-electron chi connectivity index (χ4n) is 2.36. The molecule has 0 aliphatic rings. The molecule has 2 heterocycles. The number of hydrogen-bond acceptors (Lipinski definition) is 6. The number of fused-ring (bicyclic) bond motifs is 1. The van der Waals surface area contributed by atoms with Crippen LogP contribution in [0.5, 0.6) is 5.75 Å². The number of ether oxygens (including phenoxy) is 1. The van der Waals surface area contributed by atoms with E-state index in [4.69, 9.17) is 0 Å². The lowest BCUT2D eigenvalue weighted by atomic mass is 10.2. The summed E-state index contributed by atoms with van der Waals surface area (Å²) in [5.41, 5.74) is 1.27. The van der Waals surface area contributed by atoms with Gasteiger partial charge in [0.2, 0.25) is 11.8 Å². The van der Waals surface area contributed by atoms with Crippen LogP contribution in [0.1, 0.15) is 18.4 Å². The molecule has 29 heavy (non-hydrogen) atoms. The highest BCUT2D eigenvalue weighted by Crippen LogP contribution is 2.31. The molecule has 0 bridgehead atoms. The lowest BCUT2D eigenvalue weighted by Gasteiger charge is -2.07. The number of anilines is 1. The smallest absolute Gasteiger partial charge is 0.406 e. The molecule has 2 N–H and O–H groups in total. The maximum Gasteiger partial charge on any atom is 0.573 e. The fourth-order valence-corrected chi connectivity index (χ4v) is 3.27. The largest absolute Gasteiger partial charge is 0.573 e. The maximum absolute atomic E-state index is 12.3. The highest BCUT2D eigenvalue weighted by Gasteiger charge is 2.31. The number of hydrogen-bond donors (Lipinski definition) is 2. The molecule has 0 atom stereocenters. The second kappa shape index (κ2) is 8.86. The molecule has 0 saturated heterocycles. The van der Waals surface area contributed by atoms with Crippen LogP contribution in [0.2, 0.25) is 0 Å². The number of benzene rings is 1. The number of thiazole rings is 1. The minimum absolute atomic E-state index is 0.0133. The summed E-state index contributed by atoms with van der Waals surface area (Å²) in [7, 11) is 0. The first kappa shape index (κ1) is 20.5. The molecular weight excluding hydrogens is 409 g/mol. The molecule has 3 rings (SSSR count). The third-order valence-electron chi connectivity index (χ3n) is 3.63. The third kappa shape index (κ3) is 6.42. The van der Waals surface area contributed by atoms with Gasteiger partial charge in [0.05, 0.1) is 10.2 Å². The van der Waals surface area contributed by atoms with Crippen molar-refractivity contribution < 1.29 is 27.5 Å². The molecule has 0 spiro atoms. The molecule has 3 aromatic rings. The van der Waals surface area contributed by atoms with Crippen LogP contribution in [0.15, 0.2) is 42.7 Å². The van der Waals surface area contributed by atoms with Gasteiger partial charge in [-0.15, -0.1) is 13.2 Å². The Kier molecular flexibility index (Phi) is 6.27. The van der Waals surface area contributed by atoms with E-state index in [2.05, 4.69) is 25.3 Å². The number of amides is 2. The highest BCUT2D eigenvalue weighted by molar-refractivity contribution is 7.22. The number of carbonyl (C=O) groups excluding carboxylic acids is 2. The Hall–Kier alpha value is -3.21. The van der Waals surface area contributed by atoms with E-state index in [1.165, 1.54) is 12.1 Å². The third-order valence-corrected chi connectivity index (χ3v) is 4.57. The van der Waals surface area contributed by atoms with Gasteiger partial charge in [0.1, 0.15) is 5.75 Å². The van der Waals surface area contributed by atoms with Gasteiger partial charge < -0.3 is 15.4 Å². The fraction of sp³-hybridized carbons (Fsp3) is 0.222. The van der Waals surface area contributed by atoms with E-state index in [1.54, 1.807) is 18.5 Å². The number of nitrogens with zero attached hydrogens (tertiary/aromatic N) is 2. The Morgan fingerprint density at radius 1 is 1.14 bits per heavy atom. The quantitative estimate of drug-likeness (QED) is 0.604. The van der Waals surface area contributed by atoms with Gasteiger partial charge in [0, 0.05) is 37.8 Å². The molecule has 7 nitrogen and oxygen atoms in total. The molecular formula is C18H15F3N4O3S. The number of rotatable bonds is 7. The van der Waals surface area contributed by atoms with Gasteiger partial charge >= 0.3 is 6.36 Å². The average molecular weight is 424 g/mol. The van der Waals surface area contributed by atoms with E-state index in [0.717, 1.165) is 23.0 Å². The van der Waals surface area contributed by atoms with E-state index in [1.807, 2.05) is 6.07 Å². The van der Waals surface area contributed by atoms with E-state index >= 15 is 0 Å². The van der Waals surface area contributed by atoms with Crippen LogP contribution in [0, 0.1) is 0 Å². The van der Waals surface area contributed by atoms with Crippen molar-refractivity contribution in [2.45, 2.75) is 25.7 Å². The summed E-state index contributed by atoms with van der Waals surface area (Å²) < 4.78 is 41.2. The predicted octanol–water partition coefficient (Wildman–Crippen LogP) is 3.63. The van der Waals surface area contributed by atoms with Crippen LogP contribution >= 0.6 is 11.3 Å². The lowest BCUT2D eigenvalue weighted by molar-refractivity contribution is -0.274. The first-order valence-electron chi connectivity index (χ1n) is 8.40. The van der Waals surface area contributed by atoms with Gasteiger partial charge in [-0.05, 0) is 23.8 Å². The Morgan fingerprint density at radius 3 is 2.66 bits per heavy atom. The number of carbonyl (C=O) groups is 2. The summed E-state index contributed by atoms with van der Waals surface area (Å²) in [5.74, 6) is -1.08. The predicted molar refractivity (Wildman–Crippen MR) is 100 cm³/mol. The number of aromatic nitrogens is 2. The number of nitrogens with one attached hydrogen (secondary N) is 2. The standard InChI is InChI=1S/C18H15F3N4O3S/c19-18(20,21)28-12-3-4-13-14(8-12)29-17(24-13)25-16(27)6-5-15(26)23-10-11-2-1-7-22-9-11/h1-4,7-9H,5-6,10H2,(H,23,26)(H,24,25,27). The number of pyridine rings is 1. The van der Waals surface area contributed by atoms with Gasteiger partial charge in [-0.25, -0.2) is 4.98 Å². The summed E-state index contributed by atoms with van der Waals surface area (Å²) in [6.07, 6.45) is -1.60. The van der Waals surface area contributed by atoms with E-state index < -0.39 is 12.3 Å². The first-order chi connectivity index (χ1) is 13.8. The van der Waals surface area contributed by atoms with Crippen molar-refractivity contribution in [3.63, 3.8) is 0 Å². The van der Waals surface area contributed by atoms with E-state index in [0.29, 0.717) is 16.8 Å². The van der Waals surface area contributed by atoms with Gasteiger partial charge in [0.25, 0.3) is 0 Å². The summed E-state index contributed by atoms with van der Waals surface area (Å²) in [5, 5.41) is 5.46. The number of alkyl halides is 3. The Bertz CT molecular complexity index is 1010. The van der Waals surface area contributed by atoms with Crippen molar-refractivity contribution in [2.24, 2.45) is 0 Å². The van der Waals surface area contributed by atoms with Crippen molar-refractivity contribution in [1.29, 1.82) is 0 Å². The molecule has 2 aromatic heterocycles. The number of halogens is 3. The van der Waals surface area contributed by atoms with Gasteiger partial charge in [-0.3, -0.25) is 14.6 Å². The summed E-state index contributed by atoms with van der Waals surface area (Å²) in [4.78, 5) is 31.9. The van der Waals surface area contributed by atoms with Gasteiger partial charge in [-0.2, -0.15) is 0 Å². The minimum atomic E-state index is -4.78. The first-order valence-corrected chi connectivity index (χ1v) is 9.22. The molecule has 0 aliphatic heterocycles. The molecule has 0 radical (unpaired) electrons. The molecule has 0 fully saturated rings. The lowest BCUT2D eigenvalue weighted by Crippen LogP contribution is -2.24. The molecule has 0 unspecified atom stereocenters. The van der Waals surface area contributed by atoms with Crippen LogP contribution in [-0.4, -0.2) is 28.1 Å². The van der Waals surface area contributed by atoms with Crippen LogP contribution in [-0.2, 0) is 16.1 Å². The monoisotopic (exact) mass is 424 g/mol. The van der Waals surface area contributed by atoms with Crippen molar-refractivity contribution in [1.82, 2.24) is 15.3 Å². The van der Waals surface area contributed by atoms with Crippen molar-refractivity contribution in [3.05, 3.63) is 48.3 Å². The second-order valence-electron chi connectivity index (χ2n) is 5.88. The Balaban J connectivity index is 1.49. The van der Waals surface area contributed by atoms with E-state index in [-0.39, 0.29) is 29.6 Å². The normalized spacial score (nSPS) is 11.3. The van der Waals surface area contributed by atoms with Crippen LogP contribution < -0.4 is 15.4 Å². The van der Waals surface area contributed by atoms with Crippen LogP contribution in [0.4, 0.5) is 18.3 Å². The Labute approximate surface area is 166 Å². The van der Waals surface area contributed by atoms with Crippen molar-refractivity contribution in [2.75, 3.05) is 5.32 Å². The highest BCUT2D eigenvalue weighted by atomic mass is 32.1. The van der Waals surface area contributed by atoms with E-state index in [9.17, 15) is 22.8 Å².